The number of anilines is 1. The van der Waals surface area contributed by atoms with Crippen LogP contribution in [0.2, 0.25) is 0 Å². The third-order valence-electron chi connectivity index (χ3n) is 2.73. The van der Waals surface area contributed by atoms with E-state index >= 15 is 0 Å². The van der Waals surface area contributed by atoms with Crippen LogP contribution in [0.3, 0.4) is 0 Å². The summed E-state index contributed by atoms with van der Waals surface area (Å²) in [6, 6.07) is 4.02. The Bertz CT molecular complexity index is 317. The fourth-order valence-electron chi connectivity index (χ4n) is 1.70. The lowest BCUT2D eigenvalue weighted by atomic mass is 10.3. The van der Waals surface area contributed by atoms with E-state index in [0.29, 0.717) is 13.2 Å². The molecule has 1 aromatic rings. The van der Waals surface area contributed by atoms with E-state index in [-0.39, 0.29) is 0 Å². The minimum atomic E-state index is 0.474. The molecule has 1 heterocycles. The zero-order chi connectivity index (χ0) is 13.2. The number of nitrogens with zero attached hydrogens (tertiary/aromatic N) is 2. The average molecular weight is 253 g/mol. The maximum atomic E-state index is 5.54. The lowest BCUT2D eigenvalue weighted by Crippen LogP contribution is -2.29. The molecule has 0 saturated carbocycles. The van der Waals surface area contributed by atoms with Crippen molar-refractivity contribution in [3.05, 3.63) is 24.0 Å². The predicted octanol–water partition coefficient (Wildman–Crippen LogP) is 1.03. The normalized spacial score (nSPS) is 10.6. The van der Waals surface area contributed by atoms with Crippen LogP contribution in [0.5, 0.6) is 0 Å². The maximum Gasteiger partial charge on any atom is 0.0637 e. The number of rotatable bonds is 9. The van der Waals surface area contributed by atoms with Crippen LogP contribution in [0, 0.1) is 0 Å². The second-order valence-electron chi connectivity index (χ2n) is 4.04. The summed E-state index contributed by atoms with van der Waals surface area (Å²) in [6.07, 6.45) is 2.85. The van der Waals surface area contributed by atoms with Gasteiger partial charge in [0.15, 0.2) is 0 Å². The summed E-state index contributed by atoms with van der Waals surface area (Å²) in [7, 11) is 3.43. The molecule has 0 radical (unpaired) electrons. The largest absolute Gasteiger partial charge is 0.385 e. The number of hydrogen-bond donors (Lipinski definition) is 1. The number of aromatic nitrogens is 1. The van der Waals surface area contributed by atoms with Crippen molar-refractivity contribution in [3.8, 4) is 0 Å². The third kappa shape index (κ3) is 5.00. The van der Waals surface area contributed by atoms with Gasteiger partial charge in [-0.05, 0) is 18.6 Å². The Morgan fingerprint density at radius 3 is 2.50 bits per heavy atom. The number of ether oxygens (including phenoxy) is 2. The molecule has 1 rings (SSSR count). The minimum Gasteiger partial charge on any atom is -0.385 e. The molecule has 0 amide bonds. The average Bonchev–Trinajstić information content (AvgIpc) is 2.43. The van der Waals surface area contributed by atoms with Crippen molar-refractivity contribution in [2.24, 2.45) is 5.73 Å². The molecule has 1 aromatic heterocycles. The highest BCUT2D eigenvalue weighted by Gasteiger charge is 2.06. The van der Waals surface area contributed by atoms with Gasteiger partial charge in [-0.2, -0.15) is 0 Å². The van der Waals surface area contributed by atoms with E-state index < -0.39 is 0 Å². The SMILES string of the molecule is COCCCN(CCOC)c1ccc(CN)nc1. The molecule has 102 valence electrons. The summed E-state index contributed by atoms with van der Waals surface area (Å²) in [5, 5.41) is 0. The summed E-state index contributed by atoms with van der Waals surface area (Å²) in [5.41, 5.74) is 7.54. The first kappa shape index (κ1) is 14.9. The first-order valence-corrected chi connectivity index (χ1v) is 6.19. The standard InChI is InChI=1S/C13H23N3O2/c1-17-8-3-6-16(7-9-18-2)13-5-4-12(10-14)15-11-13/h4-5,11H,3,6-10,14H2,1-2H3. The highest BCUT2D eigenvalue weighted by molar-refractivity contribution is 5.44. The van der Waals surface area contributed by atoms with Crippen molar-refractivity contribution in [3.63, 3.8) is 0 Å². The molecule has 0 aromatic carbocycles. The Morgan fingerprint density at radius 1 is 1.17 bits per heavy atom. The zero-order valence-corrected chi connectivity index (χ0v) is 11.3. The molecule has 2 N–H and O–H groups in total. The van der Waals surface area contributed by atoms with E-state index in [9.17, 15) is 0 Å². The van der Waals surface area contributed by atoms with Crippen LogP contribution >= 0.6 is 0 Å². The fraction of sp³-hybridized carbons (Fsp3) is 0.615. The molecular formula is C13H23N3O2. The van der Waals surface area contributed by atoms with Crippen molar-refractivity contribution in [2.75, 3.05) is 45.4 Å². The first-order valence-electron chi connectivity index (χ1n) is 6.19. The summed E-state index contributed by atoms with van der Waals surface area (Å²) >= 11 is 0. The second-order valence-corrected chi connectivity index (χ2v) is 4.04. The molecule has 0 saturated heterocycles. The lowest BCUT2D eigenvalue weighted by molar-refractivity contribution is 0.191. The molecule has 0 unspecified atom stereocenters. The molecular weight excluding hydrogens is 230 g/mol. The molecule has 5 heteroatoms. The number of hydrogen-bond acceptors (Lipinski definition) is 5. The predicted molar refractivity (Wildman–Crippen MR) is 72.7 cm³/mol. The topological polar surface area (TPSA) is 60.6 Å². The van der Waals surface area contributed by atoms with Crippen LogP contribution in [0.1, 0.15) is 12.1 Å². The highest BCUT2D eigenvalue weighted by atomic mass is 16.5. The van der Waals surface area contributed by atoms with Gasteiger partial charge in [-0.25, -0.2) is 0 Å². The summed E-state index contributed by atoms with van der Waals surface area (Å²) in [5.74, 6) is 0. The van der Waals surface area contributed by atoms with Gasteiger partial charge in [0, 0.05) is 40.5 Å². The Hall–Kier alpha value is -1.17. The summed E-state index contributed by atoms with van der Waals surface area (Å²) in [4.78, 5) is 6.56. The number of pyridine rings is 1. The van der Waals surface area contributed by atoms with Crippen LogP contribution in [0.15, 0.2) is 18.3 Å². The Kier molecular flexibility index (Phi) is 7.32. The van der Waals surface area contributed by atoms with Crippen molar-refractivity contribution >= 4 is 5.69 Å². The van der Waals surface area contributed by atoms with Crippen molar-refractivity contribution < 1.29 is 9.47 Å². The molecule has 0 atom stereocenters. The monoisotopic (exact) mass is 253 g/mol. The van der Waals surface area contributed by atoms with E-state index in [1.54, 1.807) is 14.2 Å². The van der Waals surface area contributed by atoms with Gasteiger partial charge in [-0.15, -0.1) is 0 Å². The van der Waals surface area contributed by atoms with Gasteiger partial charge < -0.3 is 20.1 Å². The molecule has 0 fully saturated rings. The molecule has 0 spiro atoms. The van der Waals surface area contributed by atoms with Gasteiger partial charge in [0.2, 0.25) is 0 Å². The van der Waals surface area contributed by atoms with Gasteiger partial charge in [0.05, 0.1) is 24.2 Å². The van der Waals surface area contributed by atoms with E-state index in [4.69, 9.17) is 15.2 Å². The van der Waals surface area contributed by atoms with Gasteiger partial charge in [0.25, 0.3) is 0 Å². The Morgan fingerprint density at radius 2 is 1.94 bits per heavy atom. The smallest absolute Gasteiger partial charge is 0.0637 e. The minimum absolute atomic E-state index is 0.474. The summed E-state index contributed by atoms with van der Waals surface area (Å²) in [6.45, 7) is 3.72. The van der Waals surface area contributed by atoms with E-state index in [1.165, 1.54) is 0 Å². The van der Waals surface area contributed by atoms with Crippen molar-refractivity contribution in [1.82, 2.24) is 4.98 Å². The van der Waals surface area contributed by atoms with E-state index in [2.05, 4.69) is 16.0 Å². The van der Waals surface area contributed by atoms with E-state index in [1.807, 2.05) is 12.3 Å². The van der Waals surface area contributed by atoms with Gasteiger partial charge in [-0.3, -0.25) is 4.98 Å². The van der Waals surface area contributed by atoms with Crippen LogP contribution < -0.4 is 10.6 Å². The third-order valence-corrected chi connectivity index (χ3v) is 2.73. The summed E-state index contributed by atoms with van der Waals surface area (Å²) < 4.78 is 10.2. The lowest BCUT2D eigenvalue weighted by Gasteiger charge is -2.24. The molecule has 0 bridgehead atoms. The second kappa shape index (κ2) is 8.85. The molecule has 18 heavy (non-hydrogen) atoms. The van der Waals surface area contributed by atoms with Crippen LogP contribution in [-0.2, 0) is 16.0 Å². The quantitative estimate of drug-likeness (QED) is 0.666. The molecule has 0 aliphatic carbocycles. The Balaban J connectivity index is 2.60. The first-order chi connectivity index (χ1) is 8.81. The van der Waals surface area contributed by atoms with E-state index in [0.717, 1.165) is 37.5 Å². The van der Waals surface area contributed by atoms with Crippen molar-refractivity contribution in [2.45, 2.75) is 13.0 Å². The van der Waals surface area contributed by atoms with Gasteiger partial charge in [0.1, 0.15) is 0 Å². The highest BCUT2D eigenvalue weighted by Crippen LogP contribution is 2.13. The number of methoxy groups -OCH3 is 2. The van der Waals surface area contributed by atoms with Crippen LogP contribution in [-0.4, -0.2) is 45.5 Å². The maximum absolute atomic E-state index is 5.54. The van der Waals surface area contributed by atoms with Crippen molar-refractivity contribution in [1.29, 1.82) is 0 Å². The fourth-order valence-corrected chi connectivity index (χ4v) is 1.70. The molecule has 0 aliphatic rings. The molecule has 5 nitrogen and oxygen atoms in total. The van der Waals surface area contributed by atoms with Gasteiger partial charge >= 0.3 is 0 Å². The zero-order valence-electron chi connectivity index (χ0n) is 11.3. The molecule has 0 aliphatic heterocycles. The van der Waals surface area contributed by atoms with Crippen LogP contribution in [0.25, 0.3) is 0 Å². The van der Waals surface area contributed by atoms with Crippen LogP contribution in [0.4, 0.5) is 5.69 Å². The Labute approximate surface area is 109 Å². The number of nitrogens with two attached hydrogens (primary N) is 1. The van der Waals surface area contributed by atoms with Gasteiger partial charge in [-0.1, -0.05) is 0 Å².